The number of carbonyl (C=O) groups excluding carboxylic acids is 2. The normalized spacial score (nSPS) is 23.0. The van der Waals surface area contributed by atoms with E-state index in [9.17, 15) is 9.59 Å². The molecule has 0 spiro atoms. The molecule has 0 aromatic heterocycles. The minimum Gasteiger partial charge on any atom is -0.352 e. The lowest BCUT2D eigenvalue weighted by molar-refractivity contribution is -0.138. The summed E-state index contributed by atoms with van der Waals surface area (Å²) in [5.74, 6) is 0.365. The molecule has 1 aromatic carbocycles. The summed E-state index contributed by atoms with van der Waals surface area (Å²) in [6.07, 6.45) is 5.72. The van der Waals surface area contributed by atoms with Crippen LogP contribution in [0.2, 0.25) is 0 Å². The van der Waals surface area contributed by atoms with Gasteiger partial charge in [0, 0.05) is 25.2 Å². The van der Waals surface area contributed by atoms with Gasteiger partial charge >= 0.3 is 0 Å². The fraction of sp³-hybridized carbons (Fsp3) is 0.579. The molecule has 130 valence electrons. The van der Waals surface area contributed by atoms with Crippen LogP contribution in [0.4, 0.5) is 0 Å². The summed E-state index contributed by atoms with van der Waals surface area (Å²) < 4.78 is 0. The van der Waals surface area contributed by atoms with Crippen LogP contribution in [0.25, 0.3) is 0 Å². The van der Waals surface area contributed by atoms with Crippen LogP contribution in [0.15, 0.2) is 30.3 Å². The SMILES string of the molecule is NC1(C(=O)N2CCCC(CNC(=O)c3ccccc3)C2)CCCC1. The van der Waals surface area contributed by atoms with Gasteiger partial charge in [-0.1, -0.05) is 31.0 Å². The number of amides is 2. The molecule has 5 nitrogen and oxygen atoms in total. The number of piperidine rings is 1. The smallest absolute Gasteiger partial charge is 0.251 e. The van der Waals surface area contributed by atoms with Crippen molar-refractivity contribution < 1.29 is 9.59 Å². The van der Waals surface area contributed by atoms with Crippen molar-refractivity contribution in [1.82, 2.24) is 10.2 Å². The lowest BCUT2D eigenvalue weighted by atomic mass is 9.92. The molecule has 2 fully saturated rings. The molecular formula is C19H27N3O2. The first kappa shape index (κ1) is 17.0. The van der Waals surface area contributed by atoms with Gasteiger partial charge < -0.3 is 16.0 Å². The van der Waals surface area contributed by atoms with E-state index in [0.717, 1.165) is 45.1 Å². The van der Waals surface area contributed by atoms with Crippen LogP contribution < -0.4 is 11.1 Å². The van der Waals surface area contributed by atoms with Gasteiger partial charge in [-0.2, -0.15) is 0 Å². The molecule has 2 aliphatic rings. The summed E-state index contributed by atoms with van der Waals surface area (Å²) in [5, 5.41) is 3.00. The molecule has 2 amide bonds. The van der Waals surface area contributed by atoms with Crippen molar-refractivity contribution in [3.05, 3.63) is 35.9 Å². The van der Waals surface area contributed by atoms with E-state index in [-0.39, 0.29) is 11.8 Å². The van der Waals surface area contributed by atoms with E-state index in [0.29, 0.717) is 24.6 Å². The summed E-state index contributed by atoms with van der Waals surface area (Å²) >= 11 is 0. The van der Waals surface area contributed by atoms with E-state index in [4.69, 9.17) is 5.73 Å². The Labute approximate surface area is 143 Å². The Morgan fingerprint density at radius 3 is 2.58 bits per heavy atom. The van der Waals surface area contributed by atoms with Crippen molar-refractivity contribution in [2.24, 2.45) is 11.7 Å². The second kappa shape index (κ2) is 7.34. The number of hydrogen-bond donors (Lipinski definition) is 2. The van der Waals surface area contributed by atoms with Gasteiger partial charge in [-0.05, 0) is 43.7 Å². The van der Waals surface area contributed by atoms with Gasteiger partial charge in [-0.25, -0.2) is 0 Å². The number of hydrogen-bond acceptors (Lipinski definition) is 3. The monoisotopic (exact) mass is 329 g/mol. The van der Waals surface area contributed by atoms with E-state index in [1.807, 2.05) is 35.2 Å². The Kier molecular flexibility index (Phi) is 5.19. The maximum absolute atomic E-state index is 12.7. The van der Waals surface area contributed by atoms with Crippen molar-refractivity contribution in [2.45, 2.75) is 44.1 Å². The van der Waals surface area contributed by atoms with Crippen LogP contribution >= 0.6 is 0 Å². The van der Waals surface area contributed by atoms with Gasteiger partial charge in [-0.15, -0.1) is 0 Å². The Hall–Kier alpha value is -1.88. The Morgan fingerprint density at radius 2 is 1.88 bits per heavy atom. The third-order valence-corrected chi connectivity index (χ3v) is 5.32. The van der Waals surface area contributed by atoms with Crippen molar-refractivity contribution in [2.75, 3.05) is 19.6 Å². The van der Waals surface area contributed by atoms with Crippen LogP contribution in [0, 0.1) is 5.92 Å². The first-order chi connectivity index (χ1) is 11.6. The molecule has 0 bridgehead atoms. The third kappa shape index (κ3) is 3.78. The van der Waals surface area contributed by atoms with Crippen LogP contribution in [0.5, 0.6) is 0 Å². The molecule has 1 aromatic rings. The molecule has 24 heavy (non-hydrogen) atoms. The van der Waals surface area contributed by atoms with Gasteiger partial charge in [0.15, 0.2) is 0 Å². The topological polar surface area (TPSA) is 75.4 Å². The van der Waals surface area contributed by atoms with Crippen molar-refractivity contribution in [1.29, 1.82) is 0 Å². The zero-order chi connectivity index (χ0) is 17.0. The Bertz CT molecular complexity index is 582. The maximum Gasteiger partial charge on any atom is 0.251 e. The van der Waals surface area contributed by atoms with Gasteiger partial charge in [0.25, 0.3) is 5.91 Å². The number of nitrogens with two attached hydrogens (primary N) is 1. The molecule has 1 atom stereocenters. The van der Waals surface area contributed by atoms with E-state index in [1.54, 1.807) is 0 Å². The highest BCUT2D eigenvalue weighted by molar-refractivity contribution is 5.94. The molecule has 0 radical (unpaired) electrons. The second-order valence-corrected chi connectivity index (χ2v) is 7.20. The molecule has 3 rings (SSSR count). The summed E-state index contributed by atoms with van der Waals surface area (Å²) in [7, 11) is 0. The molecule has 1 saturated carbocycles. The molecule has 1 unspecified atom stereocenters. The summed E-state index contributed by atoms with van der Waals surface area (Å²) in [6, 6.07) is 9.23. The molecular weight excluding hydrogens is 302 g/mol. The lowest BCUT2D eigenvalue weighted by Gasteiger charge is -2.37. The number of likely N-dealkylation sites (tertiary alicyclic amines) is 1. The number of rotatable bonds is 4. The number of nitrogens with zero attached hydrogens (tertiary/aromatic N) is 1. The van der Waals surface area contributed by atoms with Crippen LogP contribution in [0.3, 0.4) is 0 Å². The fourth-order valence-corrected chi connectivity index (χ4v) is 3.88. The van der Waals surface area contributed by atoms with Crippen LogP contribution in [-0.4, -0.2) is 41.9 Å². The van der Waals surface area contributed by atoms with Crippen molar-refractivity contribution in [3.63, 3.8) is 0 Å². The lowest BCUT2D eigenvalue weighted by Crippen LogP contribution is -2.56. The average molecular weight is 329 g/mol. The van der Waals surface area contributed by atoms with E-state index < -0.39 is 5.54 Å². The zero-order valence-electron chi connectivity index (χ0n) is 14.2. The van der Waals surface area contributed by atoms with Gasteiger partial charge in [0.05, 0.1) is 5.54 Å². The standard InChI is InChI=1S/C19H27N3O2/c20-19(10-4-5-11-19)18(24)22-12-6-7-15(14-22)13-21-17(23)16-8-2-1-3-9-16/h1-3,8-9,15H,4-7,10-14,20H2,(H,21,23). The van der Waals surface area contributed by atoms with Gasteiger partial charge in [-0.3, -0.25) is 9.59 Å². The predicted octanol–water partition coefficient (Wildman–Crippen LogP) is 1.93. The fourth-order valence-electron chi connectivity index (χ4n) is 3.88. The second-order valence-electron chi connectivity index (χ2n) is 7.20. The Morgan fingerprint density at radius 1 is 1.17 bits per heavy atom. The number of benzene rings is 1. The number of carbonyl (C=O) groups is 2. The molecule has 1 aliphatic carbocycles. The molecule has 1 aliphatic heterocycles. The average Bonchev–Trinajstić information content (AvgIpc) is 3.08. The van der Waals surface area contributed by atoms with Crippen molar-refractivity contribution in [3.8, 4) is 0 Å². The van der Waals surface area contributed by atoms with Crippen molar-refractivity contribution >= 4 is 11.8 Å². The molecule has 3 N–H and O–H groups in total. The minimum absolute atomic E-state index is 0.0508. The summed E-state index contributed by atoms with van der Waals surface area (Å²) in [4.78, 5) is 26.8. The first-order valence-corrected chi connectivity index (χ1v) is 9.00. The van der Waals surface area contributed by atoms with E-state index in [2.05, 4.69) is 5.32 Å². The first-order valence-electron chi connectivity index (χ1n) is 9.00. The molecule has 5 heteroatoms. The maximum atomic E-state index is 12.7. The summed E-state index contributed by atoms with van der Waals surface area (Å²) in [6.45, 7) is 2.10. The van der Waals surface area contributed by atoms with E-state index in [1.165, 1.54) is 0 Å². The third-order valence-electron chi connectivity index (χ3n) is 5.32. The minimum atomic E-state index is -0.644. The highest BCUT2D eigenvalue weighted by Gasteiger charge is 2.40. The number of nitrogens with one attached hydrogen (secondary N) is 1. The highest BCUT2D eigenvalue weighted by Crippen LogP contribution is 2.30. The van der Waals surface area contributed by atoms with Gasteiger partial charge in [0.2, 0.25) is 5.91 Å². The highest BCUT2D eigenvalue weighted by atomic mass is 16.2. The largest absolute Gasteiger partial charge is 0.352 e. The summed E-state index contributed by atoms with van der Waals surface area (Å²) in [5.41, 5.74) is 6.35. The Balaban J connectivity index is 1.52. The van der Waals surface area contributed by atoms with Crippen LogP contribution in [-0.2, 0) is 4.79 Å². The molecule has 1 saturated heterocycles. The van der Waals surface area contributed by atoms with Gasteiger partial charge in [0.1, 0.15) is 0 Å². The quantitative estimate of drug-likeness (QED) is 0.886. The molecule has 1 heterocycles. The predicted molar refractivity (Wildman–Crippen MR) is 93.5 cm³/mol. The van der Waals surface area contributed by atoms with E-state index >= 15 is 0 Å². The van der Waals surface area contributed by atoms with Crippen LogP contribution in [0.1, 0.15) is 48.9 Å². The zero-order valence-corrected chi connectivity index (χ0v) is 14.2.